The van der Waals surface area contributed by atoms with Crippen molar-refractivity contribution in [2.45, 2.75) is 33.4 Å². The smallest absolute Gasteiger partial charge is 0.294 e. The predicted octanol–water partition coefficient (Wildman–Crippen LogP) is 0.835. The molecule has 0 aliphatic carbocycles. The highest BCUT2D eigenvalue weighted by atomic mass is 16.2. The number of imidazole rings is 1. The van der Waals surface area contributed by atoms with Crippen molar-refractivity contribution in [2.75, 3.05) is 5.43 Å². The van der Waals surface area contributed by atoms with Gasteiger partial charge in [-0.3, -0.25) is 18.5 Å². The van der Waals surface area contributed by atoms with E-state index >= 15 is 0 Å². The monoisotopic (exact) mass is 302 g/mol. The predicted molar refractivity (Wildman–Crippen MR) is 85.5 cm³/mol. The second-order valence-corrected chi connectivity index (χ2v) is 5.34. The molecule has 1 aliphatic rings. The molecule has 0 fully saturated rings. The number of nitrogens with one attached hydrogen (secondary N) is 1. The lowest BCUT2D eigenvalue weighted by Crippen LogP contribution is -2.39. The van der Waals surface area contributed by atoms with E-state index in [9.17, 15) is 9.59 Å². The molecule has 0 amide bonds. The molecule has 1 aliphatic heterocycles. The number of aromatic nitrogens is 4. The van der Waals surface area contributed by atoms with Crippen LogP contribution in [0.25, 0.3) is 11.2 Å². The molecule has 1 unspecified atom stereocenters. The Bertz CT molecular complexity index is 927. The summed E-state index contributed by atoms with van der Waals surface area (Å²) in [5.41, 5.74) is 3.74. The molecular formula is C14H18N6O2. The van der Waals surface area contributed by atoms with Crippen LogP contribution in [-0.4, -0.2) is 24.4 Å². The Hall–Kier alpha value is -2.64. The molecule has 22 heavy (non-hydrogen) atoms. The number of anilines is 1. The van der Waals surface area contributed by atoms with Gasteiger partial charge in [-0.05, 0) is 20.8 Å². The zero-order valence-corrected chi connectivity index (χ0v) is 13.0. The van der Waals surface area contributed by atoms with Crippen molar-refractivity contribution < 1.29 is 0 Å². The standard InChI is InChI=1S/C14H18N6O2/c1-5-6-7-19-12(21)10-11(18(4)14(19)22)15-13-17-16-8(2)9(3)20(10)13/h5-6,9H,7H2,1-4H3,(H,15,17)/b6-5+. The van der Waals surface area contributed by atoms with Crippen molar-refractivity contribution in [2.24, 2.45) is 12.1 Å². The Balaban J connectivity index is 2.41. The Morgan fingerprint density at radius 1 is 1.36 bits per heavy atom. The summed E-state index contributed by atoms with van der Waals surface area (Å²) in [6, 6.07) is -0.0957. The van der Waals surface area contributed by atoms with Gasteiger partial charge in [-0.1, -0.05) is 12.2 Å². The van der Waals surface area contributed by atoms with E-state index in [0.717, 1.165) is 5.71 Å². The minimum Gasteiger partial charge on any atom is -0.294 e. The van der Waals surface area contributed by atoms with Gasteiger partial charge in [0.25, 0.3) is 5.56 Å². The lowest BCUT2D eigenvalue weighted by atomic mass is 10.2. The van der Waals surface area contributed by atoms with Crippen LogP contribution in [0.15, 0.2) is 26.8 Å². The highest BCUT2D eigenvalue weighted by Crippen LogP contribution is 2.25. The second-order valence-electron chi connectivity index (χ2n) is 5.34. The first kappa shape index (κ1) is 14.3. The highest BCUT2D eigenvalue weighted by Gasteiger charge is 2.26. The van der Waals surface area contributed by atoms with Crippen LogP contribution in [-0.2, 0) is 13.6 Å². The second kappa shape index (κ2) is 4.97. The average molecular weight is 302 g/mol. The van der Waals surface area contributed by atoms with Crippen LogP contribution in [0.3, 0.4) is 0 Å². The van der Waals surface area contributed by atoms with Crippen molar-refractivity contribution in [3.8, 4) is 0 Å². The van der Waals surface area contributed by atoms with E-state index in [1.807, 2.05) is 26.8 Å². The number of nitrogens with zero attached hydrogens (tertiary/aromatic N) is 5. The summed E-state index contributed by atoms with van der Waals surface area (Å²) in [6.07, 6.45) is 3.58. The molecule has 0 radical (unpaired) electrons. The van der Waals surface area contributed by atoms with Crippen LogP contribution in [0.5, 0.6) is 0 Å². The third kappa shape index (κ3) is 1.83. The van der Waals surface area contributed by atoms with Gasteiger partial charge in [-0.25, -0.2) is 10.2 Å². The molecule has 1 N–H and O–H groups in total. The summed E-state index contributed by atoms with van der Waals surface area (Å²) in [5.74, 6) is 0.476. The van der Waals surface area contributed by atoms with Crippen LogP contribution in [0, 0.1) is 0 Å². The molecule has 0 aromatic carbocycles. The van der Waals surface area contributed by atoms with E-state index in [1.165, 1.54) is 9.13 Å². The van der Waals surface area contributed by atoms with Gasteiger partial charge in [0.1, 0.15) is 0 Å². The van der Waals surface area contributed by atoms with Gasteiger partial charge in [0.15, 0.2) is 11.2 Å². The average Bonchev–Trinajstić information content (AvgIpc) is 2.89. The summed E-state index contributed by atoms with van der Waals surface area (Å²) in [4.78, 5) is 29.5. The summed E-state index contributed by atoms with van der Waals surface area (Å²) >= 11 is 0. The highest BCUT2D eigenvalue weighted by molar-refractivity contribution is 5.90. The minimum atomic E-state index is -0.378. The molecule has 0 saturated heterocycles. The fourth-order valence-electron chi connectivity index (χ4n) is 2.59. The first-order valence-corrected chi connectivity index (χ1v) is 7.10. The van der Waals surface area contributed by atoms with Crippen LogP contribution >= 0.6 is 0 Å². The number of hydrogen-bond donors (Lipinski definition) is 1. The molecule has 0 spiro atoms. The summed E-state index contributed by atoms with van der Waals surface area (Å²) in [7, 11) is 1.62. The lowest BCUT2D eigenvalue weighted by molar-refractivity contribution is 0.652. The van der Waals surface area contributed by atoms with Crippen molar-refractivity contribution in [3.05, 3.63) is 33.0 Å². The fourth-order valence-corrected chi connectivity index (χ4v) is 2.59. The minimum absolute atomic E-state index is 0.0957. The Morgan fingerprint density at radius 2 is 2.09 bits per heavy atom. The largest absolute Gasteiger partial charge is 0.332 e. The molecule has 2 aromatic heterocycles. The van der Waals surface area contributed by atoms with E-state index in [4.69, 9.17) is 0 Å². The lowest BCUT2D eigenvalue weighted by Gasteiger charge is -2.21. The van der Waals surface area contributed by atoms with Crippen LogP contribution in [0.2, 0.25) is 0 Å². The maximum absolute atomic E-state index is 12.8. The van der Waals surface area contributed by atoms with Gasteiger partial charge >= 0.3 is 5.69 Å². The number of fused-ring (bicyclic) bond motifs is 3. The van der Waals surface area contributed by atoms with Crippen LogP contribution < -0.4 is 16.7 Å². The van der Waals surface area contributed by atoms with Gasteiger partial charge in [0.2, 0.25) is 5.95 Å². The number of hydrogen-bond acceptors (Lipinski definition) is 5. The molecule has 8 nitrogen and oxygen atoms in total. The molecule has 3 heterocycles. The van der Waals surface area contributed by atoms with Crippen molar-refractivity contribution in [1.29, 1.82) is 0 Å². The third-order valence-electron chi connectivity index (χ3n) is 4.02. The van der Waals surface area contributed by atoms with E-state index in [2.05, 4.69) is 15.5 Å². The Kier molecular flexibility index (Phi) is 3.23. The third-order valence-corrected chi connectivity index (χ3v) is 4.02. The number of aryl methyl sites for hydroxylation is 1. The quantitative estimate of drug-likeness (QED) is 0.833. The van der Waals surface area contributed by atoms with Crippen LogP contribution in [0.1, 0.15) is 26.8 Å². The first-order chi connectivity index (χ1) is 10.5. The van der Waals surface area contributed by atoms with Crippen molar-refractivity contribution >= 4 is 22.8 Å². The van der Waals surface area contributed by atoms with Gasteiger partial charge in [-0.15, -0.1) is 0 Å². The summed E-state index contributed by atoms with van der Waals surface area (Å²) in [6.45, 7) is 5.92. The zero-order chi connectivity index (χ0) is 16.0. The Morgan fingerprint density at radius 3 is 2.77 bits per heavy atom. The molecule has 0 saturated carbocycles. The van der Waals surface area contributed by atoms with Crippen molar-refractivity contribution in [1.82, 2.24) is 18.7 Å². The van der Waals surface area contributed by atoms with Gasteiger partial charge in [0, 0.05) is 13.6 Å². The summed E-state index contributed by atoms with van der Waals surface area (Å²) < 4.78 is 4.41. The van der Waals surface area contributed by atoms with Crippen molar-refractivity contribution in [3.63, 3.8) is 0 Å². The SMILES string of the molecule is C/C=C/Cn1c(=O)c2c(nc3n2C(C)C(C)=NN3)n(C)c1=O. The zero-order valence-electron chi connectivity index (χ0n) is 13.0. The summed E-state index contributed by atoms with van der Waals surface area (Å²) in [5, 5.41) is 4.18. The fraction of sp³-hybridized carbons (Fsp3) is 0.429. The molecule has 1 atom stereocenters. The number of allylic oxidation sites excluding steroid dienone is 2. The number of rotatable bonds is 2. The van der Waals surface area contributed by atoms with Gasteiger partial charge in [0.05, 0.1) is 11.8 Å². The molecule has 0 bridgehead atoms. The molecule has 3 rings (SSSR count). The topological polar surface area (TPSA) is 86.2 Å². The maximum atomic E-state index is 12.8. The van der Waals surface area contributed by atoms with Crippen LogP contribution in [0.4, 0.5) is 5.95 Å². The number of hydrazone groups is 1. The van der Waals surface area contributed by atoms with E-state index < -0.39 is 0 Å². The molecular weight excluding hydrogens is 284 g/mol. The van der Waals surface area contributed by atoms with Gasteiger partial charge in [-0.2, -0.15) is 10.1 Å². The normalized spacial score (nSPS) is 17.6. The first-order valence-electron chi connectivity index (χ1n) is 7.10. The van der Waals surface area contributed by atoms with E-state index in [-0.39, 0.29) is 23.8 Å². The molecule has 2 aromatic rings. The van der Waals surface area contributed by atoms with E-state index in [0.29, 0.717) is 17.1 Å². The maximum Gasteiger partial charge on any atom is 0.332 e. The molecule has 8 heteroatoms. The molecule has 116 valence electrons. The van der Waals surface area contributed by atoms with Gasteiger partial charge < -0.3 is 0 Å². The van der Waals surface area contributed by atoms with E-state index in [1.54, 1.807) is 17.7 Å². The Labute approximate surface area is 126 Å².